The van der Waals surface area contributed by atoms with Crippen LogP contribution in [0.25, 0.3) is 0 Å². The van der Waals surface area contributed by atoms with Crippen LogP contribution in [0.5, 0.6) is 0 Å². The summed E-state index contributed by atoms with van der Waals surface area (Å²) in [7, 11) is 0. The molecular weight excluding hydrogens is 242 g/mol. The highest BCUT2D eigenvalue weighted by atomic mass is 14.9. The fourth-order valence-electron chi connectivity index (χ4n) is 3.14. The minimum atomic E-state index is 0.575. The molecule has 2 aromatic carbocycles. The monoisotopic (exact) mass is 265 g/mol. The number of hydrogen-bond donors (Lipinski definition) is 1. The van der Waals surface area contributed by atoms with Crippen LogP contribution in [-0.4, -0.2) is 6.04 Å². The van der Waals surface area contributed by atoms with E-state index in [0.29, 0.717) is 12.0 Å². The lowest BCUT2D eigenvalue weighted by Crippen LogP contribution is -2.38. The second-order valence-electron chi connectivity index (χ2n) is 5.96. The van der Waals surface area contributed by atoms with E-state index in [1.165, 1.54) is 29.5 Å². The Kier molecular flexibility index (Phi) is 4.17. The highest BCUT2D eigenvalue weighted by molar-refractivity contribution is 5.28. The van der Waals surface area contributed by atoms with E-state index in [0.717, 1.165) is 13.0 Å². The van der Waals surface area contributed by atoms with Gasteiger partial charge in [0, 0.05) is 12.6 Å². The van der Waals surface area contributed by atoms with Gasteiger partial charge in [-0.25, -0.2) is 0 Å². The molecule has 1 aliphatic rings. The molecule has 0 aromatic heterocycles. The van der Waals surface area contributed by atoms with Gasteiger partial charge in [-0.15, -0.1) is 0 Å². The van der Waals surface area contributed by atoms with Crippen molar-refractivity contribution in [3.05, 3.63) is 71.3 Å². The Bertz CT molecular complexity index is 547. The lowest BCUT2D eigenvalue weighted by Gasteiger charge is -2.29. The Balaban J connectivity index is 1.74. The van der Waals surface area contributed by atoms with Gasteiger partial charge in [0.2, 0.25) is 0 Å². The Hall–Kier alpha value is -1.60. The molecule has 0 spiro atoms. The van der Waals surface area contributed by atoms with Crippen LogP contribution in [0.4, 0.5) is 0 Å². The first-order chi connectivity index (χ1) is 9.83. The van der Waals surface area contributed by atoms with E-state index in [9.17, 15) is 0 Å². The zero-order valence-corrected chi connectivity index (χ0v) is 12.2. The Morgan fingerprint density at radius 3 is 2.45 bits per heavy atom. The molecule has 2 atom stereocenters. The Morgan fingerprint density at radius 1 is 0.950 bits per heavy atom. The van der Waals surface area contributed by atoms with Crippen molar-refractivity contribution in [2.45, 2.75) is 38.8 Å². The summed E-state index contributed by atoms with van der Waals surface area (Å²) in [6.07, 6.45) is 3.61. The van der Waals surface area contributed by atoms with Gasteiger partial charge in [0.05, 0.1) is 0 Å². The van der Waals surface area contributed by atoms with Crippen LogP contribution in [0.2, 0.25) is 0 Å². The molecule has 2 aromatic rings. The van der Waals surface area contributed by atoms with E-state index in [1.807, 2.05) is 0 Å². The number of fused-ring (bicyclic) bond motifs is 1. The minimum absolute atomic E-state index is 0.575. The number of benzene rings is 2. The van der Waals surface area contributed by atoms with Crippen LogP contribution >= 0.6 is 0 Å². The summed E-state index contributed by atoms with van der Waals surface area (Å²) in [5.74, 6) is 0.712. The van der Waals surface area contributed by atoms with E-state index in [2.05, 4.69) is 66.8 Å². The zero-order chi connectivity index (χ0) is 13.8. The highest BCUT2D eigenvalue weighted by Gasteiger charge is 2.20. The number of aryl methyl sites for hydroxylation is 1. The molecule has 0 saturated heterocycles. The lowest BCUT2D eigenvalue weighted by molar-refractivity contribution is 0.344. The summed E-state index contributed by atoms with van der Waals surface area (Å²) in [5, 5.41) is 3.78. The molecule has 0 radical (unpaired) electrons. The van der Waals surface area contributed by atoms with E-state index in [-0.39, 0.29) is 0 Å². The third-order valence-corrected chi connectivity index (χ3v) is 4.53. The first-order valence-corrected chi connectivity index (χ1v) is 7.67. The zero-order valence-electron chi connectivity index (χ0n) is 12.2. The smallest absolute Gasteiger partial charge is 0.0211 e. The topological polar surface area (TPSA) is 12.0 Å². The molecule has 1 nitrogen and oxygen atoms in total. The molecule has 1 aliphatic heterocycles. The normalized spacial score (nSPS) is 22.6. The van der Waals surface area contributed by atoms with Crippen molar-refractivity contribution < 1.29 is 0 Å². The van der Waals surface area contributed by atoms with Crippen molar-refractivity contribution in [2.24, 2.45) is 5.92 Å². The van der Waals surface area contributed by atoms with Crippen molar-refractivity contribution in [3.8, 4) is 0 Å². The molecule has 104 valence electrons. The lowest BCUT2D eigenvalue weighted by atomic mass is 9.87. The molecule has 0 saturated carbocycles. The van der Waals surface area contributed by atoms with Crippen molar-refractivity contribution in [1.82, 2.24) is 5.32 Å². The van der Waals surface area contributed by atoms with Gasteiger partial charge in [0.1, 0.15) is 0 Å². The number of hydrogen-bond acceptors (Lipinski definition) is 1. The largest absolute Gasteiger partial charge is 0.309 e. The van der Waals surface area contributed by atoms with Crippen LogP contribution in [0, 0.1) is 5.92 Å². The van der Waals surface area contributed by atoms with Gasteiger partial charge in [-0.1, -0.05) is 61.5 Å². The second kappa shape index (κ2) is 6.23. The van der Waals surface area contributed by atoms with Crippen LogP contribution in [0.3, 0.4) is 0 Å². The van der Waals surface area contributed by atoms with Crippen LogP contribution in [-0.2, 0) is 19.4 Å². The summed E-state index contributed by atoms with van der Waals surface area (Å²) < 4.78 is 0. The Morgan fingerprint density at radius 2 is 1.65 bits per heavy atom. The van der Waals surface area contributed by atoms with Gasteiger partial charge in [0.15, 0.2) is 0 Å². The van der Waals surface area contributed by atoms with Crippen molar-refractivity contribution >= 4 is 0 Å². The predicted octanol–water partition coefficient (Wildman–Crippen LogP) is 3.97. The minimum Gasteiger partial charge on any atom is -0.309 e. The molecule has 0 amide bonds. The summed E-state index contributed by atoms with van der Waals surface area (Å²) in [6.45, 7) is 3.38. The van der Waals surface area contributed by atoms with Crippen molar-refractivity contribution in [1.29, 1.82) is 0 Å². The van der Waals surface area contributed by atoms with Gasteiger partial charge in [-0.2, -0.15) is 0 Å². The maximum absolute atomic E-state index is 3.78. The van der Waals surface area contributed by atoms with Gasteiger partial charge in [0.25, 0.3) is 0 Å². The first-order valence-electron chi connectivity index (χ1n) is 7.67. The second-order valence-corrected chi connectivity index (χ2v) is 5.96. The summed E-state index contributed by atoms with van der Waals surface area (Å²) >= 11 is 0. The van der Waals surface area contributed by atoms with Crippen molar-refractivity contribution in [2.75, 3.05) is 0 Å². The van der Waals surface area contributed by atoms with E-state index < -0.39 is 0 Å². The first kappa shape index (κ1) is 13.4. The van der Waals surface area contributed by atoms with E-state index >= 15 is 0 Å². The quantitative estimate of drug-likeness (QED) is 0.866. The summed E-state index contributed by atoms with van der Waals surface area (Å²) in [5.41, 5.74) is 4.42. The fourth-order valence-corrected chi connectivity index (χ4v) is 3.14. The standard InChI is InChI=1S/C19H23N/c1-15-11-12-17-9-5-6-10-18(17)14-20-19(15)13-16-7-3-2-4-8-16/h2-10,15,19-20H,11-14H2,1H3. The van der Waals surface area contributed by atoms with E-state index in [4.69, 9.17) is 0 Å². The molecule has 0 aliphatic carbocycles. The van der Waals surface area contributed by atoms with Crippen LogP contribution < -0.4 is 5.32 Å². The van der Waals surface area contributed by atoms with Gasteiger partial charge in [-0.05, 0) is 41.9 Å². The number of nitrogens with one attached hydrogen (secondary N) is 1. The molecule has 1 heteroatoms. The third kappa shape index (κ3) is 3.10. The molecule has 2 unspecified atom stereocenters. The van der Waals surface area contributed by atoms with E-state index in [1.54, 1.807) is 0 Å². The molecule has 0 fully saturated rings. The van der Waals surface area contributed by atoms with Crippen molar-refractivity contribution in [3.63, 3.8) is 0 Å². The predicted molar refractivity (Wildman–Crippen MR) is 84.7 cm³/mol. The van der Waals surface area contributed by atoms with Gasteiger partial charge >= 0.3 is 0 Å². The molecule has 1 N–H and O–H groups in total. The molecule has 0 bridgehead atoms. The molecule has 3 rings (SSSR count). The third-order valence-electron chi connectivity index (χ3n) is 4.53. The van der Waals surface area contributed by atoms with Gasteiger partial charge < -0.3 is 5.32 Å². The van der Waals surface area contributed by atoms with Crippen LogP contribution in [0.1, 0.15) is 30.0 Å². The van der Waals surface area contributed by atoms with Gasteiger partial charge in [-0.3, -0.25) is 0 Å². The summed E-state index contributed by atoms with van der Waals surface area (Å²) in [6, 6.07) is 20.3. The maximum Gasteiger partial charge on any atom is 0.0211 e. The number of rotatable bonds is 2. The average molecular weight is 265 g/mol. The molecule has 1 heterocycles. The highest BCUT2D eigenvalue weighted by Crippen LogP contribution is 2.22. The fraction of sp³-hybridized carbons (Fsp3) is 0.368. The Labute approximate surface area is 122 Å². The average Bonchev–Trinajstić information content (AvgIpc) is 2.49. The maximum atomic E-state index is 3.78. The molecular formula is C19H23N. The molecule has 20 heavy (non-hydrogen) atoms. The SMILES string of the molecule is CC1CCc2ccccc2CNC1Cc1ccccc1. The van der Waals surface area contributed by atoms with Crippen LogP contribution in [0.15, 0.2) is 54.6 Å². The summed E-state index contributed by atoms with van der Waals surface area (Å²) in [4.78, 5) is 0.